The molecule has 1 atom stereocenters. The van der Waals surface area contributed by atoms with Crippen LogP contribution in [0, 0.1) is 5.92 Å². The second-order valence-corrected chi connectivity index (χ2v) is 5.87. The number of hydrogen-bond acceptors (Lipinski definition) is 3. The molecule has 1 aliphatic carbocycles. The van der Waals surface area contributed by atoms with Crippen LogP contribution in [0.5, 0.6) is 0 Å². The van der Waals surface area contributed by atoms with Crippen LogP contribution in [0.2, 0.25) is 0 Å². The summed E-state index contributed by atoms with van der Waals surface area (Å²) in [7, 11) is 3.80. The first kappa shape index (κ1) is 15.4. The highest BCUT2D eigenvalue weighted by Crippen LogP contribution is 2.26. The summed E-state index contributed by atoms with van der Waals surface area (Å²) in [5, 5.41) is 9.07. The third kappa shape index (κ3) is 4.25. The summed E-state index contributed by atoms with van der Waals surface area (Å²) in [6, 6.07) is 0.445. The number of aliphatic hydroxyl groups is 1. The molecule has 0 aromatic rings. The Bertz CT molecular complexity index is 263. The molecule has 1 fully saturated rings. The molecule has 0 aliphatic heterocycles. The van der Waals surface area contributed by atoms with Crippen LogP contribution in [0.15, 0.2) is 0 Å². The Morgan fingerprint density at radius 1 is 1.28 bits per heavy atom. The van der Waals surface area contributed by atoms with E-state index in [0.29, 0.717) is 12.6 Å². The van der Waals surface area contributed by atoms with Crippen molar-refractivity contribution in [3.05, 3.63) is 0 Å². The Kier molecular flexibility index (Phi) is 6.09. The third-order valence-corrected chi connectivity index (χ3v) is 4.33. The number of carbonyl (C=O) groups is 1. The van der Waals surface area contributed by atoms with Gasteiger partial charge in [-0.2, -0.15) is 0 Å². The molecule has 4 nitrogen and oxygen atoms in total. The average Bonchev–Trinajstić information content (AvgIpc) is 2.37. The molecule has 18 heavy (non-hydrogen) atoms. The van der Waals surface area contributed by atoms with Gasteiger partial charge in [-0.25, -0.2) is 0 Å². The van der Waals surface area contributed by atoms with E-state index in [9.17, 15) is 4.79 Å². The lowest BCUT2D eigenvalue weighted by atomic mass is 9.87. The van der Waals surface area contributed by atoms with Gasteiger partial charge in [-0.3, -0.25) is 9.69 Å². The quantitative estimate of drug-likeness (QED) is 0.807. The summed E-state index contributed by atoms with van der Waals surface area (Å²) < 4.78 is 0. The molecule has 1 amide bonds. The Morgan fingerprint density at radius 3 is 2.33 bits per heavy atom. The number of amides is 1. The predicted molar refractivity (Wildman–Crippen MR) is 73.4 cm³/mol. The van der Waals surface area contributed by atoms with Gasteiger partial charge < -0.3 is 10.0 Å². The number of rotatable bonds is 5. The van der Waals surface area contributed by atoms with Crippen LogP contribution in [0.25, 0.3) is 0 Å². The normalized spacial score (nSPS) is 26.1. The molecule has 0 heterocycles. The molecule has 106 valence electrons. The van der Waals surface area contributed by atoms with E-state index in [4.69, 9.17) is 5.11 Å². The highest BCUT2D eigenvalue weighted by molar-refractivity contribution is 5.78. The first-order chi connectivity index (χ1) is 8.45. The maximum Gasteiger partial charge on any atom is 0.236 e. The van der Waals surface area contributed by atoms with Gasteiger partial charge in [0.25, 0.3) is 0 Å². The zero-order valence-electron chi connectivity index (χ0n) is 12.2. The molecule has 1 unspecified atom stereocenters. The van der Waals surface area contributed by atoms with Crippen molar-refractivity contribution in [3.63, 3.8) is 0 Å². The van der Waals surface area contributed by atoms with E-state index in [0.717, 1.165) is 18.8 Å². The van der Waals surface area contributed by atoms with Gasteiger partial charge in [0.15, 0.2) is 0 Å². The predicted octanol–water partition coefficient (Wildman–Crippen LogP) is 1.34. The van der Waals surface area contributed by atoms with Crippen molar-refractivity contribution in [2.75, 3.05) is 27.2 Å². The molecule has 0 radical (unpaired) electrons. The van der Waals surface area contributed by atoms with Crippen molar-refractivity contribution in [2.45, 2.75) is 51.6 Å². The van der Waals surface area contributed by atoms with Crippen molar-refractivity contribution in [1.29, 1.82) is 0 Å². The van der Waals surface area contributed by atoms with Gasteiger partial charge in [0.2, 0.25) is 5.91 Å². The largest absolute Gasteiger partial charge is 0.395 e. The zero-order valence-corrected chi connectivity index (χ0v) is 12.2. The summed E-state index contributed by atoms with van der Waals surface area (Å²) >= 11 is 0. The van der Waals surface area contributed by atoms with Crippen LogP contribution < -0.4 is 0 Å². The lowest BCUT2D eigenvalue weighted by Crippen LogP contribution is -2.46. The first-order valence-electron chi connectivity index (χ1n) is 7.02. The van der Waals surface area contributed by atoms with Gasteiger partial charge in [-0.15, -0.1) is 0 Å². The van der Waals surface area contributed by atoms with Crippen LogP contribution in [-0.2, 0) is 4.79 Å². The molecular weight excluding hydrogens is 228 g/mol. The van der Waals surface area contributed by atoms with Gasteiger partial charge in [-0.05, 0) is 45.6 Å². The number of aliphatic hydroxyl groups excluding tert-OH is 1. The molecule has 1 rings (SSSR count). The maximum absolute atomic E-state index is 12.2. The van der Waals surface area contributed by atoms with Crippen molar-refractivity contribution in [3.8, 4) is 0 Å². The summed E-state index contributed by atoms with van der Waals surface area (Å²) in [6.45, 7) is 4.70. The monoisotopic (exact) mass is 256 g/mol. The van der Waals surface area contributed by atoms with Crippen molar-refractivity contribution in [2.24, 2.45) is 5.92 Å². The third-order valence-electron chi connectivity index (χ3n) is 4.33. The van der Waals surface area contributed by atoms with Crippen LogP contribution >= 0.6 is 0 Å². The molecule has 4 heteroatoms. The number of carbonyl (C=O) groups excluding carboxylic acids is 1. The summed E-state index contributed by atoms with van der Waals surface area (Å²) in [6.07, 6.45) is 4.71. The average molecular weight is 256 g/mol. The Labute approximate surface area is 111 Å². The van der Waals surface area contributed by atoms with Crippen molar-refractivity contribution in [1.82, 2.24) is 9.80 Å². The lowest BCUT2D eigenvalue weighted by molar-refractivity contribution is -0.134. The standard InChI is InChI=1S/C14H28N2O2/c1-11-5-7-13(8-6-11)16(4)14(18)9-15(3)12(2)10-17/h11-13,17H,5-10H2,1-4H3. The van der Waals surface area contributed by atoms with E-state index in [1.165, 1.54) is 12.8 Å². The SMILES string of the molecule is CC1CCC(N(C)C(=O)CN(C)C(C)CO)CC1. The van der Waals surface area contributed by atoms with Crippen LogP contribution in [0.1, 0.15) is 39.5 Å². The van der Waals surface area contributed by atoms with Crippen LogP contribution in [0.3, 0.4) is 0 Å². The zero-order chi connectivity index (χ0) is 13.7. The Balaban J connectivity index is 2.41. The number of nitrogens with zero attached hydrogens (tertiary/aromatic N) is 2. The Hall–Kier alpha value is -0.610. The van der Waals surface area contributed by atoms with Gasteiger partial charge in [-0.1, -0.05) is 6.92 Å². The topological polar surface area (TPSA) is 43.8 Å². The fraction of sp³-hybridized carbons (Fsp3) is 0.929. The minimum Gasteiger partial charge on any atom is -0.395 e. The van der Waals surface area contributed by atoms with Crippen molar-refractivity contribution >= 4 is 5.91 Å². The van der Waals surface area contributed by atoms with Gasteiger partial charge >= 0.3 is 0 Å². The summed E-state index contributed by atoms with van der Waals surface area (Å²) in [4.78, 5) is 16.0. The molecule has 1 saturated carbocycles. The maximum atomic E-state index is 12.2. The fourth-order valence-corrected chi connectivity index (χ4v) is 2.45. The van der Waals surface area contributed by atoms with E-state index in [1.807, 2.05) is 30.8 Å². The van der Waals surface area contributed by atoms with Gasteiger partial charge in [0.1, 0.15) is 0 Å². The smallest absolute Gasteiger partial charge is 0.236 e. The fourth-order valence-electron chi connectivity index (χ4n) is 2.45. The molecule has 0 aromatic heterocycles. The minimum atomic E-state index is 0.0359. The van der Waals surface area contributed by atoms with E-state index >= 15 is 0 Å². The van der Waals surface area contributed by atoms with Crippen LogP contribution in [0.4, 0.5) is 0 Å². The van der Waals surface area contributed by atoms with E-state index in [2.05, 4.69) is 6.92 Å². The molecular formula is C14H28N2O2. The summed E-state index contributed by atoms with van der Waals surface area (Å²) in [5.41, 5.74) is 0. The molecule has 0 aromatic carbocycles. The summed E-state index contributed by atoms with van der Waals surface area (Å²) in [5.74, 6) is 0.971. The molecule has 0 saturated heterocycles. The highest BCUT2D eigenvalue weighted by Gasteiger charge is 2.25. The first-order valence-corrected chi connectivity index (χ1v) is 7.02. The van der Waals surface area contributed by atoms with Gasteiger partial charge in [0.05, 0.1) is 13.2 Å². The van der Waals surface area contributed by atoms with Crippen LogP contribution in [-0.4, -0.2) is 60.1 Å². The molecule has 0 spiro atoms. The molecule has 0 bridgehead atoms. The second-order valence-electron chi connectivity index (χ2n) is 5.87. The van der Waals surface area contributed by atoms with E-state index in [1.54, 1.807) is 0 Å². The molecule has 1 aliphatic rings. The van der Waals surface area contributed by atoms with Crippen molar-refractivity contribution < 1.29 is 9.90 Å². The Morgan fingerprint density at radius 2 is 1.83 bits per heavy atom. The number of hydrogen-bond donors (Lipinski definition) is 1. The lowest BCUT2D eigenvalue weighted by Gasteiger charge is -2.35. The number of likely N-dealkylation sites (N-methyl/N-ethyl adjacent to an activating group) is 2. The molecule has 1 N–H and O–H groups in total. The second kappa shape index (κ2) is 7.10. The van der Waals surface area contributed by atoms with E-state index in [-0.39, 0.29) is 18.6 Å². The van der Waals surface area contributed by atoms with Gasteiger partial charge in [0, 0.05) is 19.1 Å². The van der Waals surface area contributed by atoms with E-state index < -0.39 is 0 Å². The minimum absolute atomic E-state index is 0.0359. The highest BCUT2D eigenvalue weighted by atomic mass is 16.3.